The van der Waals surface area contributed by atoms with Crippen LogP contribution in [0.4, 0.5) is 0 Å². The quantitative estimate of drug-likeness (QED) is 0.598. The minimum Gasteiger partial charge on any atom is -0.503 e. The Bertz CT molecular complexity index is 863. The molecule has 1 aliphatic rings. The molecule has 3 rings (SSSR count). The van der Waals surface area contributed by atoms with E-state index in [1.165, 1.54) is 21.8 Å². The Morgan fingerprint density at radius 1 is 1.31 bits per heavy atom. The van der Waals surface area contributed by atoms with Crippen LogP contribution in [0.3, 0.4) is 0 Å². The highest BCUT2D eigenvalue weighted by atomic mass is 32.1. The van der Waals surface area contributed by atoms with Crippen molar-refractivity contribution in [2.24, 2.45) is 0 Å². The molecule has 0 radical (unpaired) electrons. The number of aliphatic hydroxyl groups excluding tert-OH is 1. The molecule has 1 aliphatic heterocycles. The first-order chi connectivity index (χ1) is 12.5. The largest absolute Gasteiger partial charge is 0.503 e. The lowest BCUT2D eigenvalue weighted by Gasteiger charge is -2.25. The highest BCUT2D eigenvalue weighted by Crippen LogP contribution is 2.39. The molecule has 0 aliphatic carbocycles. The van der Waals surface area contributed by atoms with Gasteiger partial charge in [-0.1, -0.05) is 50.3 Å². The summed E-state index contributed by atoms with van der Waals surface area (Å²) in [5.74, 6) is -0.934. The molecular formula is C21H21NO3S. The second-order valence-electron chi connectivity index (χ2n) is 6.54. The van der Waals surface area contributed by atoms with Crippen molar-refractivity contribution in [1.29, 1.82) is 0 Å². The first-order valence-electron chi connectivity index (χ1n) is 8.48. The number of ketones is 1. The first-order valence-corrected chi connectivity index (χ1v) is 9.36. The molecule has 0 unspecified atom stereocenters. The van der Waals surface area contributed by atoms with E-state index in [0.717, 1.165) is 5.56 Å². The molecule has 1 atom stereocenters. The van der Waals surface area contributed by atoms with E-state index in [4.69, 9.17) is 0 Å². The number of hydrogen-bond acceptors (Lipinski definition) is 4. The topological polar surface area (TPSA) is 57.6 Å². The Labute approximate surface area is 157 Å². The van der Waals surface area contributed by atoms with Crippen LogP contribution in [0, 0.1) is 0 Å². The molecule has 0 saturated heterocycles. The van der Waals surface area contributed by atoms with E-state index in [2.05, 4.69) is 20.4 Å². The zero-order chi connectivity index (χ0) is 18.8. The van der Waals surface area contributed by atoms with Gasteiger partial charge >= 0.3 is 0 Å². The van der Waals surface area contributed by atoms with E-state index in [-0.39, 0.29) is 17.9 Å². The first kappa shape index (κ1) is 18.1. The zero-order valence-corrected chi connectivity index (χ0v) is 15.6. The number of rotatable bonds is 6. The third-order valence-corrected chi connectivity index (χ3v) is 5.41. The number of carbonyl (C=O) groups excluding carboxylic acids is 2. The van der Waals surface area contributed by atoms with Gasteiger partial charge in [-0.3, -0.25) is 9.59 Å². The maximum absolute atomic E-state index is 13.0. The van der Waals surface area contributed by atoms with E-state index in [0.29, 0.717) is 10.8 Å². The van der Waals surface area contributed by atoms with Crippen LogP contribution in [0.5, 0.6) is 0 Å². The number of amides is 1. The number of aliphatic hydroxyl groups is 1. The molecule has 1 amide bonds. The summed E-state index contributed by atoms with van der Waals surface area (Å²) in [4.78, 5) is 27.5. The van der Waals surface area contributed by atoms with Gasteiger partial charge in [-0.15, -0.1) is 17.9 Å². The van der Waals surface area contributed by atoms with Crippen LogP contribution in [-0.4, -0.2) is 28.2 Å². The van der Waals surface area contributed by atoms with Gasteiger partial charge in [-0.2, -0.15) is 0 Å². The summed E-state index contributed by atoms with van der Waals surface area (Å²) in [6.45, 7) is 8.16. The van der Waals surface area contributed by atoms with Crippen molar-refractivity contribution in [1.82, 2.24) is 4.90 Å². The lowest BCUT2D eigenvalue weighted by molar-refractivity contribution is -0.128. The zero-order valence-electron chi connectivity index (χ0n) is 14.8. The monoisotopic (exact) mass is 367 g/mol. The second kappa shape index (κ2) is 7.30. The van der Waals surface area contributed by atoms with Crippen molar-refractivity contribution >= 4 is 23.0 Å². The molecule has 5 heteroatoms. The van der Waals surface area contributed by atoms with Crippen molar-refractivity contribution < 1.29 is 14.7 Å². The standard InChI is InChI=1S/C21H21NO3S/c1-4-11-22-18(15-9-7-14(8-10-15)13(2)3)17(20(24)21(22)25)19(23)16-6-5-12-26-16/h4-10,12-13,18,24H,1,11H2,2-3H3/t18-/m1/s1. The maximum atomic E-state index is 13.0. The van der Waals surface area contributed by atoms with Gasteiger partial charge in [0.2, 0.25) is 5.78 Å². The number of benzene rings is 1. The molecule has 0 bridgehead atoms. The predicted octanol–water partition coefficient (Wildman–Crippen LogP) is 4.64. The maximum Gasteiger partial charge on any atom is 0.290 e. The predicted molar refractivity (Wildman–Crippen MR) is 103 cm³/mol. The Morgan fingerprint density at radius 3 is 2.54 bits per heavy atom. The van der Waals surface area contributed by atoms with Crippen LogP contribution in [0.15, 0.2) is 65.8 Å². The van der Waals surface area contributed by atoms with Gasteiger partial charge in [-0.25, -0.2) is 0 Å². The van der Waals surface area contributed by atoms with Crippen LogP contribution in [0.25, 0.3) is 0 Å². The Morgan fingerprint density at radius 2 is 2.00 bits per heavy atom. The molecule has 0 fully saturated rings. The number of nitrogens with zero attached hydrogens (tertiary/aromatic N) is 1. The number of thiophene rings is 1. The average Bonchev–Trinajstić information content (AvgIpc) is 3.25. The Balaban J connectivity index is 2.08. The highest BCUT2D eigenvalue weighted by molar-refractivity contribution is 7.12. The highest BCUT2D eigenvalue weighted by Gasteiger charge is 2.43. The SMILES string of the molecule is C=CCN1C(=O)C(O)=C(C(=O)c2cccs2)[C@H]1c1ccc(C(C)C)cc1. The fraction of sp³-hybridized carbons (Fsp3) is 0.238. The van der Waals surface area contributed by atoms with Crippen LogP contribution < -0.4 is 0 Å². The minimum atomic E-state index is -0.615. The van der Waals surface area contributed by atoms with Gasteiger partial charge in [0.05, 0.1) is 16.5 Å². The minimum absolute atomic E-state index is 0.136. The summed E-state index contributed by atoms with van der Waals surface area (Å²) >= 11 is 1.29. The third kappa shape index (κ3) is 3.10. The molecule has 134 valence electrons. The van der Waals surface area contributed by atoms with E-state index < -0.39 is 17.7 Å². The molecule has 2 heterocycles. The van der Waals surface area contributed by atoms with Crippen LogP contribution in [0.1, 0.15) is 46.6 Å². The third-order valence-electron chi connectivity index (χ3n) is 4.54. The number of Topliss-reactive ketones (excluding diaryl/α,β-unsaturated/α-hetero) is 1. The average molecular weight is 367 g/mol. The van der Waals surface area contributed by atoms with Crippen molar-refractivity contribution in [2.45, 2.75) is 25.8 Å². The van der Waals surface area contributed by atoms with Gasteiger partial charge in [0.15, 0.2) is 5.76 Å². The van der Waals surface area contributed by atoms with E-state index in [9.17, 15) is 14.7 Å². The summed E-state index contributed by atoms with van der Waals surface area (Å²) in [6.07, 6.45) is 1.60. The van der Waals surface area contributed by atoms with Gasteiger partial charge in [-0.05, 0) is 28.5 Å². The molecule has 0 saturated carbocycles. The molecule has 4 nitrogen and oxygen atoms in total. The van der Waals surface area contributed by atoms with Crippen molar-refractivity contribution in [3.05, 3.63) is 81.8 Å². The summed E-state index contributed by atoms with van der Waals surface area (Å²) in [5.41, 5.74) is 2.11. The smallest absolute Gasteiger partial charge is 0.290 e. The fourth-order valence-electron chi connectivity index (χ4n) is 3.16. The fourth-order valence-corrected chi connectivity index (χ4v) is 3.84. The second-order valence-corrected chi connectivity index (χ2v) is 7.49. The van der Waals surface area contributed by atoms with Crippen LogP contribution in [-0.2, 0) is 4.79 Å². The molecule has 2 aromatic rings. The van der Waals surface area contributed by atoms with Gasteiger partial charge in [0.1, 0.15) is 0 Å². The van der Waals surface area contributed by atoms with E-state index >= 15 is 0 Å². The molecule has 1 aromatic carbocycles. The van der Waals surface area contributed by atoms with E-state index in [1.807, 2.05) is 24.3 Å². The van der Waals surface area contributed by atoms with Crippen LogP contribution >= 0.6 is 11.3 Å². The molecule has 1 N–H and O–H groups in total. The number of hydrogen-bond donors (Lipinski definition) is 1. The van der Waals surface area contributed by atoms with E-state index in [1.54, 1.807) is 23.6 Å². The molecular weight excluding hydrogens is 346 g/mol. The Hall–Kier alpha value is -2.66. The Kier molecular flexibility index (Phi) is 5.09. The van der Waals surface area contributed by atoms with Gasteiger partial charge in [0.25, 0.3) is 5.91 Å². The summed E-state index contributed by atoms with van der Waals surface area (Å²) in [6, 6.07) is 10.7. The lowest BCUT2D eigenvalue weighted by Crippen LogP contribution is -2.31. The van der Waals surface area contributed by atoms with Crippen molar-refractivity contribution in [3.8, 4) is 0 Å². The summed E-state index contributed by atoms with van der Waals surface area (Å²) < 4.78 is 0. The van der Waals surface area contributed by atoms with Crippen LogP contribution in [0.2, 0.25) is 0 Å². The summed E-state index contributed by atoms with van der Waals surface area (Å²) in [5, 5.41) is 12.2. The molecule has 1 aromatic heterocycles. The molecule has 26 heavy (non-hydrogen) atoms. The van der Waals surface area contributed by atoms with Crippen molar-refractivity contribution in [2.75, 3.05) is 6.54 Å². The van der Waals surface area contributed by atoms with Gasteiger partial charge < -0.3 is 10.0 Å². The number of carbonyl (C=O) groups is 2. The van der Waals surface area contributed by atoms with Gasteiger partial charge in [0, 0.05) is 6.54 Å². The van der Waals surface area contributed by atoms with Crippen molar-refractivity contribution in [3.63, 3.8) is 0 Å². The normalized spacial score (nSPS) is 17.3. The molecule has 0 spiro atoms. The lowest BCUT2D eigenvalue weighted by atomic mass is 9.93. The summed E-state index contributed by atoms with van der Waals surface area (Å²) in [7, 11) is 0.